The quantitative estimate of drug-likeness (QED) is 0.213. The molecule has 0 aromatic rings. The van der Waals surface area contributed by atoms with Crippen LogP contribution in [-0.2, 0) is 43.0 Å². The molecule has 4 spiro atoms. The van der Waals surface area contributed by atoms with E-state index in [1.165, 1.54) is 74.5 Å². The van der Waals surface area contributed by atoms with Crippen LogP contribution in [0.4, 0.5) is 0 Å². The van der Waals surface area contributed by atoms with E-state index in [4.69, 9.17) is 14.2 Å². The number of carbonyl (C=O) groups excluding carboxylic acids is 6. The topological polar surface area (TPSA) is 150 Å². The summed E-state index contributed by atoms with van der Waals surface area (Å²) in [7, 11) is 0. The Balaban J connectivity index is 0.0000000984. The molecule has 13 fully saturated rings. The zero-order chi connectivity index (χ0) is 56.7. The first-order valence-electron chi connectivity index (χ1n) is 33.9. The molecule has 25 atom stereocenters. The maximum Gasteiger partial charge on any atom is 0.331 e. The van der Waals surface area contributed by atoms with Crippen molar-refractivity contribution in [1.82, 2.24) is 0 Å². The third-order valence-corrected chi connectivity index (χ3v) is 29.8. The Morgan fingerprint density at radius 2 is 0.940 bits per heavy atom. The Hall–Kier alpha value is -4.44. The maximum atomic E-state index is 12.2. The van der Waals surface area contributed by atoms with Crippen LogP contribution in [-0.4, -0.2) is 63.8 Å². The maximum absolute atomic E-state index is 12.2. The van der Waals surface area contributed by atoms with Crippen LogP contribution in [0.25, 0.3) is 0 Å². The number of hydrogen-bond acceptors (Lipinski definition) is 10. The average Bonchev–Trinajstić information content (AvgIpc) is 1.54. The molecular formula is C73H88O10. The normalized spacial score (nSPS) is 53.1. The minimum absolute atomic E-state index is 0.0656. The molecule has 0 amide bonds. The van der Waals surface area contributed by atoms with Gasteiger partial charge in [0.05, 0.1) is 0 Å². The predicted molar refractivity (Wildman–Crippen MR) is 309 cm³/mol. The van der Waals surface area contributed by atoms with E-state index in [0.717, 1.165) is 94.8 Å². The van der Waals surface area contributed by atoms with Crippen molar-refractivity contribution in [3.63, 3.8) is 0 Å². The molecule has 13 saturated carbocycles. The van der Waals surface area contributed by atoms with Gasteiger partial charge in [-0.1, -0.05) is 44.1 Å². The molecule has 3 heterocycles. The number of ether oxygens (including phenoxy) is 3. The number of rotatable bonds is 4. The van der Waals surface area contributed by atoms with Gasteiger partial charge < -0.3 is 19.3 Å². The van der Waals surface area contributed by atoms with Gasteiger partial charge in [-0.15, -0.1) is 0 Å². The molecule has 3 aliphatic heterocycles. The van der Waals surface area contributed by atoms with Crippen molar-refractivity contribution in [1.29, 1.82) is 0 Å². The molecule has 16 unspecified atom stereocenters. The summed E-state index contributed by atoms with van der Waals surface area (Å²) in [6.07, 6.45) is 42.5. The second-order valence-corrected chi connectivity index (χ2v) is 31.5. The number of allylic oxidation sites excluding steroid dienone is 3. The first kappa shape index (κ1) is 52.9. The van der Waals surface area contributed by atoms with Gasteiger partial charge in [0.1, 0.15) is 16.8 Å². The van der Waals surface area contributed by atoms with Crippen molar-refractivity contribution < 1.29 is 48.1 Å². The van der Waals surface area contributed by atoms with Crippen LogP contribution in [0.3, 0.4) is 0 Å². The Morgan fingerprint density at radius 3 is 1.42 bits per heavy atom. The lowest BCUT2D eigenvalue weighted by atomic mass is 9.46. The molecule has 0 radical (unpaired) electrons. The summed E-state index contributed by atoms with van der Waals surface area (Å²) in [5.74, 6) is 12.0. The molecule has 19 rings (SSSR count). The lowest BCUT2D eigenvalue weighted by Gasteiger charge is -2.59. The highest BCUT2D eigenvalue weighted by atomic mass is 16.6. The van der Waals surface area contributed by atoms with Gasteiger partial charge in [0.2, 0.25) is 0 Å². The number of aliphatic hydroxyl groups excluding tert-OH is 1. The van der Waals surface area contributed by atoms with Crippen molar-refractivity contribution in [3.8, 4) is 0 Å². The second kappa shape index (κ2) is 17.6. The van der Waals surface area contributed by atoms with Crippen molar-refractivity contribution in [2.24, 2.45) is 134 Å². The molecule has 10 nitrogen and oxygen atoms in total. The Morgan fingerprint density at radius 1 is 0.494 bits per heavy atom. The fourth-order valence-electron chi connectivity index (χ4n) is 26.9. The molecule has 0 saturated heterocycles. The van der Waals surface area contributed by atoms with Crippen LogP contribution in [0.1, 0.15) is 168 Å². The lowest BCUT2D eigenvalue weighted by Crippen LogP contribution is -2.57. The van der Waals surface area contributed by atoms with Gasteiger partial charge in [-0.25, -0.2) is 14.4 Å². The smallest absolute Gasteiger partial charge is 0.331 e. The molecule has 0 aromatic heterocycles. The monoisotopic (exact) mass is 1120 g/mol. The van der Waals surface area contributed by atoms with Crippen LogP contribution >= 0.6 is 0 Å². The molecular weight excluding hydrogens is 1040 g/mol. The van der Waals surface area contributed by atoms with Crippen LogP contribution < -0.4 is 0 Å². The summed E-state index contributed by atoms with van der Waals surface area (Å²) in [6, 6.07) is 0. The van der Waals surface area contributed by atoms with Gasteiger partial charge in [0.25, 0.3) is 0 Å². The standard InChI is InChI=1S/C25H30O3.C24H30O4.C24H28O3/c1-2-24-7-5-15-16-4-3-14(26)11-19(16)23(9-10-23)13-18(15)22(24)17-12-20(17)25(24)8-6-21(27)28-25;1-2-23-7-5-16-15-4-3-14(26)10-17(15)13(12-25)9-18(16)22(23)19-11-20(19)24(23)8-6-21(27)28-24;1-3-23-8-6-16-15-5-4-14(25)11-17(15)13(2)10-18(16)22(23)19-12-20(19)24(23)9-7-21(26)27-24/h6,8,11,15-18,20,22H,2-5,7,9-10,12-13H2,1H3;6,8,10,13,15-16,18-20,22,25H,2-5,7,9,11-12H2,1H3;7,9,11,15-16,18-20,22H,2-6,8,10,12H2,1H3/t15?,16-,17?,18?,20?,22?,24+,25+;13?,15-,16?,18?,19?,20?,22?,23+,24+;15-,16?,18?,19?,20?,22?,23+,24+/m111/s1. The third-order valence-electron chi connectivity index (χ3n) is 29.8. The minimum atomic E-state index is -0.369. The summed E-state index contributed by atoms with van der Waals surface area (Å²) in [5.41, 5.74) is 4.97. The van der Waals surface area contributed by atoms with E-state index in [9.17, 15) is 33.9 Å². The predicted octanol–water partition coefficient (Wildman–Crippen LogP) is 12.5. The molecule has 83 heavy (non-hydrogen) atoms. The van der Waals surface area contributed by atoms with Crippen molar-refractivity contribution >= 4 is 35.3 Å². The highest BCUT2D eigenvalue weighted by molar-refractivity contribution is 5.93. The van der Waals surface area contributed by atoms with Crippen LogP contribution in [0, 0.1) is 134 Å². The molecule has 440 valence electrons. The zero-order valence-corrected chi connectivity index (χ0v) is 49.5. The number of ketones is 3. The van der Waals surface area contributed by atoms with Gasteiger partial charge in [-0.2, -0.15) is 0 Å². The molecule has 0 bridgehead atoms. The van der Waals surface area contributed by atoms with E-state index in [1.54, 1.807) is 23.8 Å². The van der Waals surface area contributed by atoms with Crippen molar-refractivity contribution in [3.05, 3.63) is 83.6 Å². The van der Waals surface area contributed by atoms with E-state index in [2.05, 4.69) is 51.7 Å². The Labute approximate surface area is 490 Å². The summed E-state index contributed by atoms with van der Waals surface area (Å²) in [4.78, 5) is 72.6. The molecule has 19 aliphatic rings. The van der Waals surface area contributed by atoms with Gasteiger partial charge in [-0.3, -0.25) is 14.4 Å². The van der Waals surface area contributed by atoms with Crippen molar-refractivity contribution in [2.75, 3.05) is 6.61 Å². The fraction of sp³-hybridized carbons (Fsp3) is 0.726. The number of carbonyl (C=O) groups is 6. The molecule has 10 heteroatoms. The molecule has 16 aliphatic carbocycles. The summed E-state index contributed by atoms with van der Waals surface area (Å²) in [6.45, 7) is 11.5. The average molecular weight is 1130 g/mol. The SMILES string of the molecule is C=C1CC2C(CC[C@@]3(CC)C2C2CC2[C@@]32C=CC(=O)O2)[C@H]2CCC(=O)C=C12.CC[C@]12CCC3C(CC(CO)C4=CC(=O)CC[C@@H]43)C1C1CC1[C@@]21C=CC(=O)O1.CC[C@]12CCC3C(CC4(CC4)C4=CC(=O)CC[C@@H]43)C1C1CC1[C@@]21C=CC(=O)O1. The van der Waals surface area contributed by atoms with Crippen LogP contribution in [0.15, 0.2) is 83.6 Å². The number of fused-ring (bicyclic) bond motifs is 28. The second-order valence-electron chi connectivity index (χ2n) is 31.5. The van der Waals surface area contributed by atoms with E-state index in [0.29, 0.717) is 113 Å². The van der Waals surface area contributed by atoms with E-state index in [-0.39, 0.29) is 75.0 Å². The van der Waals surface area contributed by atoms with Crippen molar-refractivity contribution in [2.45, 2.75) is 185 Å². The summed E-state index contributed by atoms with van der Waals surface area (Å²) in [5, 5.41) is 10.2. The van der Waals surface area contributed by atoms with Gasteiger partial charge in [-0.05, 0) is 265 Å². The Kier molecular flexibility index (Phi) is 11.2. The lowest BCUT2D eigenvalue weighted by molar-refractivity contribution is -0.173. The largest absolute Gasteiger partial charge is 0.451 e. The fourth-order valence-corrected chi connectivity index (χ4v) is 26.9. The minimum Gasteiger partial charge on any atom is -0.451 e. The highest BCUT2D eigenvalue weighted by Gasteiger charge is 2.82. The van der Waals surface area contributed by atoms with Gasteiger partial charge in [0, 0.05) is 84.0 Å². The first-order chi connectivity index (χ1) is 40.1. The van der Waals surface area contributed by atoms with Crippen LogP contribution in [0.5, 0.6) is 0 Å². The Bertz CT molecular complexity index is 3170. The summed E-state index contributed by atoms with van der Waals surface area (Å²) >= 11 is 0. The molecule has 0 aromatic carbocycles. The number of esters is 3. The highest BCUT2D eigenvalue weighted by Crippen LogP contribution is 2.83. The van der Waals surface area contributed by atoms with E-state index in [1.807, 2.05) is 12.2 Å². The zero-order valence-electron chi connectivity index (χ0n) is 49.5. The molecule has 1 N–H and O–H groups in total. The third kappa shape index (κ3) is 6.68. The van der Waals surface area contributed by atoms with Crippen LogP contribution in [0.2, 0.25) is 0 Å². The summed E-state index contributed by atoms with van der Waals surface area (Å²) < 4.78 is 18.4. The number of aliphatic hydroxyl groups is 1. The van der Waals surface area contributed by atoms with Gasteiger partial charge in [0.15, 0.2) is 17.3 Å². The number of hydrogen-bond donors (Lipinski definition) is 1. The van der Waals surface area contributed by atoms with E-state index >= 15 is 0 Å². The van der Waals surface area contributed by atoms with E-state index < -0.39 is 0 Å². The van der Waals surface area contributed by atoms with Gasteiger partial charge >= 0.3 is 17.9 Å². The first-order valence-corrected chi connectivity index (χ1v) is 33.9.